The van der Waals surface area contributed by atoms with Gasteiger partial charge >= 0.3 is 0 Å². The van der Waals surface area contributed by atoms with E-state index in [1.807, 2.05) is 42.1 Å². The van der Waals surface area contributed by atoms with Gasteiger partial charge in [-0.15, -0.1) is 0 Å². The first-order chi connectivity index (χ1) is 15.9. The van der Waals surface area contributed by atoms with Crippen molar-refractivity contribution in [3.8, 4) is 22.9 Å². The van der Waals surface area contributed by atoms with Crippen molar-refractivity contribution in [3.05, 3.63) is 54.0 Å². The van der Waals surface area contributed by atoms with Gasteiger partial charge in [0.1, 0.15) is 11.6 Å². The fraction of sp³-hybridized carbons (Fsp3) is 0.360. The molecule has 0 bridgehead atoms. The normalized spacial score (nSPS) is 19.6. The van der Waals surface area contributed by atoms with Gasteiger partial charge in [0.2, 0.25) is 0 Å². The lowest BCUT2D eigenvalue weighted by Crippen LogP contribution is -2.57. The number of fused-ring (bicyclic) bond motifs is 1. The number of halogens is 1. The second-order valence-electron chi connectivity index (χ2n) is 8.33. The summed E-state index contributed by atoms with van der Waals surface area (Å²) in [4.78, 5) is 12.3. The van der Waals surface area contributed by atoms with E-state index < -0.39 is 23.2 Å². The Kier molecular flexibility index (Phi) is 6.36. The summed E-state index contributed by atoms with van der Waals surface area (Å²) < 4.78 is 28.5. The Hall–Kier alpha value is -3.41. The Labute approximate surface area is 191 Å². The number of hydrogen-bond acceptors (Lipinski definition) is 5. The number of ether oxygens (including phenoxy) is 2. The van der Waals surface area contributed by atoms with Crippen LogP contribution in [0.15, 0.2) is 42.6 Å². The highest BCUT2D eigenvalue weighted by molar-refractivity contribution is 5.98. The third-order valence-electron chi connectivity index (χ3n) is 6.39. The van der Waals surface area contributed by atoms with Crippen LogP contribution < -0.4 is 15.8 Å². The first kappa shape index (κ1) is 22.8. The fourth-order valence-electron chi connectivity index (χ4n) is 4.54. The predicted octanol–water partition coefficient (Wildman–Crippen LogP) is 2.91. The number of hydrogen-bond donors (Lipinski definition) is 2. The van der Waals surface area contributed by atoms with E-state index in [0.717, 1.165) is 22.2 Å². The third-order valence-corrected chi connectivity index (χ3v) is 6.39. The van der Waals surface area contributed by atoms with Crippen LogP contribution in [-0.4, -0.2) is 42.9 Å². The minimum Gasteiger partial charge on any atom is -0.495 e. The average Bonchev–Trinajstić information content (AvgIpc) is 3.04. The second-order valence-corrected chi connectivity index (χ2v) is 8.33. The molecule has 1 fully saturated rings. The van der Waals surface area contributed by atoms with Crippen LogP contribution in [-0.2, 0) is 23.0 Å². The first-order valence-corrected chi connectivity index (χ1v) is 10.9. The molecular formula is C25H27FN4O3. The quantitative estimate of drug-likeness (QED) is 0.601. The van der Waals surface area contributed by atoms with Gasteiger partial charge in [-0.2, -0.15) is 5.26 Å². The average molecular weight is 451 g/mol. The highest BCUT2D eigenvalue weighted by atomic mass is 19.1. The van der Waals surface area contributed by atoms with Crippen molar-refractivity contribution < 1.29 is 18.7 Å². The lowest BCUT2D eigenvalue weighted by Gasteiger charge is -2.33. The summed E-state index contributed by atoms with van der Waals surface area (Å²) in [5.74, 6) is -1.36. The topological polar surface area (TPSA) is 102 Å². The van der Waals surface area contributed by atoms with Crippen molar-refractivity contribution in [2.75, 3.05) is 26.8 Å². The number of aryl methyl sites for hydroxylation is 1. The fourth-order valence-corrected chi connectivity index (χ4v) is 4.54. The zero-order valence-electron chi connectivity index (χ0n) is 18.7. The molecule has 3 N–H and O–H groups in total. The molecule has 1 unspecified atom stereocenters. The molecule has 172 valence electrons. The van der Waals surface area contributed by atoms with E-state index in [-0.39, 0.29) is 13.0 Å². The van der Waals surface area contributed by atoms with Crippen molar-refractivity contribution in [2.45, 2.75) is 18.4 Å². The lowest BCUT2D eigenvalue weighted by atomic mass is 9.82. The second kappa shape index (κ2) is 9.22. The van der Waals surface area contributed by atoms with Crippen LogP contribution >= 0.6 is 0 Å². The zero-order valence-corrected chi connectivity index (χ0v) is 18.7. The molecule has 0 saturated carbocycles. The molecule has 2 heterocycles. The summed E-state index contributed by atoms with van der Waals surface area (Å²) >= 11 is 0. The molecule has 3 aromatic rings. The molecule has 0 aliphatic carbocycles. The number of amides is 1. The standard InChI is InChI=1S/C25H27FN4O3/c1-30-10-8-20-19(6-7-22(32-2)23(20)30)16-4-5-17(21(26)13-16)12-18(14-27)25(24(28)31)15-29-9-3-11-33-25/h4-8,10,13,18,29H,3,9,11-12,15H2,1-2H3,(H2,28,31)/t18-,25?/m0/s1. The molecule has 2 aromatic carbocycles. The number of rotatable bonds is 6. The molecule has 7 nitrogen and oxygen atoms in total. The molecular weight excluding hydrogens is 423 g/mol. The summed E-state index contributed by atoms with van der Waals surface area (Å²) in [7, 11) is 3.55. The van der Waals surface area contributed by atoms with Gasteiger partial charge < -0.3 is 25.1 Å². The number of carbonyl (C=O) groups is 1. The third kappa shape index (κ3) is 4.06. The molecule has 1 aliphatic rings. The zero-order chi connectivity index (χ0) is 23.6. The molecule has 4 rings (SSSR count). The van der Waals surface area contributed by atoms with E-state index in [2.05, 4.69) is 11.4 Å². The SMILES string of the molecule is COc1ccc(-c2ccc(C[C@@H](C#N)C3(C(N)=O)CNCCCO3)c(F)c2)c2ccn(C)c12. The number of nitrogens with zero attached hydrogens (tertiary/aromatic N) is 2. The van der Waals surface area contributed by atoms with Crippen LogP contribution in [0.5, 0.6) is 5.75 Å². The van der Waals surface area contributed by atoms with Gasteiger partial charge in [-0.3, -0.25) is 4.79 Å². The smallest absolute Gasteiger partial charge is 0.252 e. The lowest BCUT2D eigenvalue weighted by molar-refractivity contribution is -0.147. The molecule has 1 amide bonds. The number of nitrogens with two attached hydrogens (primary N) is 1. The van der Waals surface area contributed by atoms with Gasteiger partial charge in [0.25, 0.3) is 5.91 Å². The van der Waals surface area contributed by atoms with E-state index >= 15 is 4.39 Å². The predicted molar refractivity (Wildman–Crippen MR) is 123 cm³/mol. The van der Waals surface area contributed by atoms with Gasteiger partial charge in [0.15, 0.2) is 5.60 Å². The van der Waals surface area contributed by atoms with Crippen LogP contribution in [0, 0.1) is 23.1 Å². The van der Waals surface area contributed by atoms with Crippen LogP contribution in [0.4, 0.5) is 4.39 Å². The van der Waals surface area contributed by atoms with Crippen LogP contribution in [0.3, 0.4) is 0 Å². The van der Waals surface area contributed by atoms with Crippen molar-refractivity contribution in [1.82, 2.24) is 9.88 Å². The Morgan fingerprint density at radius 1 is 1.39 bits per heavy atom. The van der Waals surface area contributed by atoms with Gasteiger partial charge in [-0.05, 0) is 60.3 Å². The Morgan fingerprint density at radius 2 is 2.21 bits per heavy atom. The van der Waals surface area contributed by atoms with Gasteiger partial charge in [-0.1, -0.05) is 12.1 Å². The largest absolute Gasteiger partial charge is 0.495 e. The maximum Gasteiger partial charge on any atom is 0.252 e. The highest BCUT2D eigenvalue weighted by Crippen LogP contribution is 2.36. The molecule has 1 aromatic heterocycles. The van der Waals surface area contributed by atoms with E-state index in [1.54, 1.807) is 13.2 Å². The van der Waals surface area contributed by atoms with Crippen LogP contribution in [0.1, 0.15) is 12.0 Å². The summed E-state index contributed by atoms with van der Waals surface area (Å²) in [6.07, 6.45) is 2.64. The minimum absolute atomic E-state index is 0.0105. The maximum absolute atomic E-state index is 15.2. The van der Waals surface area contributed by atoms with E-state index in [9.17, 15) is 10.1 Å². The van der Waals surface area contributed by atoms with Crippen molar-refractivity contribution in [2.24, 2.45) is 18.7 Å². The minimum atomic E-state index is -1.50. The molecule has 0 radical (unpaired) electrons. The number of nitriles is 1. The van der Waals surface area contributed by atoms with E-state index in [0.29, 0.717) is 30.7 Å². The van der Waals surface area contributed by atoms with Gasteiger partial charge in [-0.25, -0.2) is 4.39 Å². The number of primary amides is 1. The Balaban J connectivity index is 1.68. The first-order valence-electron chi connectivity index (χ1n) is 10.9. The van der Waals surface area contributed by atoms with E-state index in [1.165, 1.54) is 6.07 Å². The number of aromatic nitrogens is 1. The number of nitrogens with one attached hydrogen (secondary N) is 1. The molecule has 33 heavy (non-hydrogen) atoms. The van der Waals surface area contributed by atoms with E-state index in [4.69, 9.17) is 15.2 Å². The molecule has 0 spiro atoms. The molecule has 1 aliphatic heterocycles. The van der Waals surface area contributed by atoms with Gasteiger partial charge in [0.05, 0.1) is 24.6 Å². The molecule has 1 saturated heterocycles. The molecule has 8 heteroatoms. The summed E-state index contributed by atoms with van der Waals surface area (Å²) in [6, 6.07) is 12.8. The Bertz CT molecular complexity index is 1220. The monoisotopic (exact) mass is 450 g/mol. The molecule has 2 atom stereocenters. The Morgan fingerprint density at radius 3 is 2.91 bits per heavy atom. The highest BCUT2D eigenvalue weighted by Gasteiger charge is 2.46. The van der Waals surface area contributed by atoms with Gasteiger partial charge in [0, 0.05) is 31.8 Å². The number of methoxy groups -OCH3 is 1. The van der Waals surface area contributed by atoms with Crippen molar-refractivity contribution in [3.63, 3.8) is 0 Å². The van der Waals surface area contributed by atoms with Crippen LogP contribution in [0.2, 0.25) is 0 Å². The van der Waals surface area contributed by atoms with Crippen LogP contribution in [0.25, 0.3) is 22.0 Å². The number of carbonyl (C=O) groups excluding carboxylic acids is 1. The van der Waals surface area contributed by atoms with Crippen molar-refractivity contribution >= 4 is 16.8 Å². The van der Waals surface area contributed by atoms with Crippen molar-refractivity contribution in [1.29, 1.82) is 5.26 Å². The number of benzene rings is 2. The summed E-state index contributed by atoms with van der Waals surface area (Å²) in [5.41, 5.74) is 6.99. The summed E-state index contributed by atoms with van der Waals surface area (Å²) in [6.45, 7) is 1.09. The maximum atomic E-state index is 15.2. The summed E-state index contributed by atoms with van der Waals surface area (Å²) in [5, 5.41) is 13.9.